The highest BCUT2D eigenvalue weighted by molar-refractivity contribution is 7.99. The van der Waals surface area contributed by atoms with E-state index in [1.165, 1.54) is 40.8 Å². The van der Waals surface area contributed by atoms with Gasteiger partial charge in [0.05, 0.1) is 24.0 Å². The summed E-state index contributed by atoms with van der Waals surface area (Å²) in [6, 6.07) is 7.93. The van der Waals surface area contributed by atoms with Gasteiger partial charge in [0.15, 0.2) is 11.0 Å². The van der Waals surface area contributed by atoms with Gasteiger partial charge in [0.25, 0.3) is 0 Å². The molecular formula is C29H34N4O4S2. The van der Waals surface area contributed by atoms with Crippen LogP contribution in [0.2, 0.25) is 0 Å². The van der Waals surface area contributed by atoms with Crippen LogP contribution in [0.3, 0.4) is 0 Å². The molecule has 0 atom stereocenters. The van der Waals surface area contributed by atoms with E-state index in [9.17, 15) is 9.59 Å². The number of allylic oxidation sites excluding steroid dienone is 1. The molecule has 1 saturated carbocycles. The zero-order chi connectivity index (χ0) is 27.2. The molecule has 206 valence electrons. The number of benzene rings is 1. The summed E-state index contributed by atoms with van der Waals surface area (Å²) in [5, 5.41) is 13.0. The molecule has 0 unspecified atom stereocenters. The minimum Gasteiger partial charge on any atom is -0.490 e. The van der Waals surface area contributed by atoms with E-state index in [0.717, 1.165) is 55.4 Å². The topological polar surface area (TPSA) is 95.3 Å². The zero-order valence-electron chi connectivity index (χ0n) is 22.2. The number of nitrogens with zero attached hydrogens (tertiary/aromatic N) is 3. The number of aromatic nitrogens is 3. The van der Waals surface area contributed by atoms with Gasteiger partial charge in [0.2, 0.25) is 5.91 Å². The lowest BCUT2D eigenvalue weighted by Crippen LogP contribution is -2.17. The molecule has 0 spiro atoms. The summed E-state index contributed by atoms with van der Waals surface area (Å²) in [5.74, 6) is 1.14. The summed E-state index contributed by atoms with van der Waals surface area (Å²) >= 11 is 2.80. The van der Waals surface area contributed by atoms with Gasteiger partial charge >= 0.3 is 5.97 Å². The number of fused-ring (bicyclic) bond motifs is 1. The third-order valence-corrected chi connectivity index (χ3v) is 9.16. The van der Waals surface area contributed by atoms with Crippen LogP contribution < -0.4 is 10.1 Å². The summed E-state index contributed by atoms with van der Waals surface area (Å²) in [6.07, 6.45) is 10.7. The van der Waals surface area contributed by atoms with Crippen LogP contribution in [0.15, 0.2) is 42.1 Å². The van der Waals surface area contributed by atoms with Gasteiger partial charge in [-0.05, 0) is 88.1 Å². The maximum Gasteiger partial charge on any atom is 0.341 e. The Hall–Kier alpha value is -3.11. The van der Waals surface area contributed by atoms with Crippen LogP contribution in [-0.4, -0.2) is 45.1 Å². The number of thioether (sulfide) groups is 1. The lowest BCUT2D eigenvalue weighted by Gasteiger charge is -2.13. The number of hydrogen-bond donors (Lipinski definition) is 1. The molecule has 2 heterocycles. The largest absolute Gasteiger partial charge is 0.490 e. The lowest BCUT2D eigenvalue weighted by atomic mass is 9.95. The Morgan fingerprint density at radius 3 is 2.67 bits per heavy atom. The molecule has 2 aromatic heterocycles. The zero-order valence-corrected chi connectivity index (χ0v) is 23.9. The molecule has 3 aromatic rings. The van der Waals surface area contributed by atoms with E-state index in [2.05, 4.69) is 22.1 Å². The van der Waals surface area contributed by atoms with E-state index < -0.39 is 0 Å². The molecule has 5 rings (SSSR count). The fourth-order valence-corrected chi connectivity index (χ4v) is 7.19. The van der Waals surface area contributed by atoms with E-state index in [-0.39, 0.29) is 17.6 Å². The molecular weight excluding hydrogens is 532 g/mol. The van der Waals surface area contributed by atoms with Crippen LogP contribution in [0.5, 0.6) is 5.75 Å². The second-order valence-corrected chi connectivity index (χ2v) is 11.8. The van der Waals surface area contributed by atoms with Gasteiger partial charge in [0, 0.05) is 17.0 Å². The van der Waals surface area contributed by atoms with Crippen molar-refractivity contribution in [3.8, 4) is 17.1 Å². The van der Waals surface area contributed by atoms with Crippen LogP contribution >= 0.6 is 23.1 Å². The van der Waals surface area contributed by atoms with Gasteiger partial charge in [-0.1, -0.05) is 17.8 Å². The number of amides is 1. The minimum atomic E-state index is -0.366. The summed E-state index contributed by atoms with van der Waals surface area (Å²) in [5.41, 5.74) is 2.47. The molecule has 1 fully saturated rings. The third kappa shape index (κ3) is 6.38. The first-order valence-corrected chi connectivity index (χ1v) is 15.4. The number of ether oxygens (including phenoxy) is 2. The first kappa shape index (κ1) is 27.5. The number of esters is 1. The second-order valence-electron chi connectivity index (χ2n) is 9.73. The van der Waals surface area contributed by atoms with Crippen molar-refractivity contribution in [3.05, 3.63) is 52.9 Å². The average Bonchev–Trinajstić information content (AvgIpc) is 3.67. The predicted octanol–water partition coefficient (Wildman–Crippen LogP) is 6.30. The molecule has 10 heteroatoms. The maximum absolute atomic E-state index is 13.0. The Balaban J connectivity index is 1.27. The fraction of sp³-hybridized carbons (Fsp3) is 0.448. The number of nitrogens with one attached hydrogen (secondary N) is 1. The number of anilines is 1. The van der Waals surface area contributed by atoms with E-state index >= 15 is 0 Å². The number of thiophene rings is 1. The molecule has 0 radical (unpaired) electrons. The molecule has 8 nitrogen and oxygen atoms in total. The molecule has 0 saturated heterocycles. The lowest BCUT2D eigenvalue weighted by molar-refractivity contribution is -0.113. The van der Waals surface area contributed by atoms with Gasteiger partial charge in [-0.2, -0.15) is 0 Å². The Labute approximate surface area is 237 Å². The number of carbonyl (C=O) groups excluding carboxylic acids is 2. The normalized spacial score (nSPS) is 15.1. The van der Waals surface area contributed by atoms with Crippen molar-refractivity contribution in [2.45, 2.75) is 76.1 Å². The molecule has 2 aliphatic rings. The van der Waals surface area contributed by atoms with Crippen molar-refractivity contribution in [2.24, 2.45) is 0 Å². The van der Waals surface area contributed by atoms with E-state index in [1.54, 1.807) is 13.0 Å². The van der Waals surface area contributed by atoms with Crippen molar-refractivity contribution in [2.75, 3.05) is 17.7 Å². The van der Waals surface area contributed by atoms with Crippen molar-refractivity contribution in [3.63, 3.8) is 0 Å². The Morgan fingerprint density at radius 1 is 1.15 bits per heavy atom. The molecule has 39 heavy (non-hydrogen) atoms. The standard InChI is InChI=1S/C29H34N4O4S2/c1-3-17-33-26(19-13-15-21(16-14-19)37-20-9-5-6-10-20)31-32-29(33)38-18-24(34)30-27-25(28(35)36-4-2)22-11-7-8-12-23(22)39-27/h3,13-16,20H,1,4-12,17-18H2,2H3,(H,30,34). The third-order valence-electron chi connectivity index (χ3n) is 6.98. The van der Waals surface area contributed by atoms with E-state index in [1.807, 2.05) is 28.8 Å². The summed E-state index contributed by atoms with van der Waals surface area (Å²) in [6.45, 7) is 6.48. The predicted molar refractivity (Wildman–Crippen MR) is 155 cm³/mol. The number of aryl methyl sites for hydroxylation is 1. The highest BCUT2D eigenvalue weighted by Gasteiger charge is 2.27. The summed E-state index contributed by atoms with van der Waals surface area (Å²) < 4.78 is 13.3. The van der Waals surface area contributed by atoms with Crippen LogP contribution in [0.4, 0.5) is 5.00 Å². The summed E-state index contributed by atoms with van der Waals surface area (Å²) in [7, 11) is 0. The Morgan fingerprint density at radius 2 is 1.92 bits per heavy atom. The average molecular weight is 567 g/mol. The molecule has 1 amide bonds. The first-order chi connectivity index (χ1) is 19.1. The van der Waals surface area contributed by atoms with Crippen molar-refractivity contribution < 1.29 is 19.1 Å². The van der Waals surface area contributed by atoms with E-state index in [0.29, 0.717) is 40.8 Å². The van der Waals surface area contributed by atoms with Crippen LogP contribution in [-0.2, 0) is 28.9 Å². The SMILES string of the molecule is C=CCn1c(SCC(=O)Nc2sc3c(c2C(=O)OCC)CCCC3)nnc1-c1ccc(OC2CCCC2)cc1. The van der Waals surface area contributed by atoms with Gasteiger partial charge in [0.1, 0.15) is 10.8 Å². The second kappa shape index (κ2) is 12.8. The molecule has 0 bridgehead atoms. The van der Waals surface area contributed by atoms with Crippen LogP contribution in [0.1, 0.15) is 66.2 Å². The highest BCUT2D eigenvalue weighted by atomic mass is 32.2. The molecule has 2 aliphatic carbocycles. The van der Waals surface area contributed by atoms with Gasteiger partial charge in [-0.15, -0.1) is 28.1 Å². The van der Waals surface area contributed by atoms with Crippen LogP contribution in [0, 0.1) is 0 Å². The molecule has 0 aliphatic heterocycles. The quantitative estimate of drug-likeness (QED) is 0.165. The monoisotopic (exact) mass is 566 g/mol. The first-order valence-electron chi connectivity index (χ1n) is 13.6. The Bertz CT molecular complexity index is 1330. The van der Waals surface area contributed by atoms with Gasteiger partial charge < -0.3 is 14.8 Å². The van der Waals surface area contributed by atoms with Crippen LogP contribution in [0.25, 0.3) is 11.4 Å². The highest BCUT2D eigenvalue weighted by Crippen LogP contribution is 2.39. The van der Waals surface area contributed by atoms with Crippen molar-refractivity contribution >= 4 is 40.0 Å². The number of hydrogen-bond acceptors (Lipinski definition) is 8. The fourth-order valence-electron chi connectivity index (χ4n) is 5.15. The van der Waals surface area contributed by atoms with E-state index in [4.69, 9.17) is 9.47 Å². The smallest absolute Gasteiger partial charge is 0.341 e. The number of rotatable bonds is 11. The molecule has 1 aromatic carbocycles. The van der Waals surface area contributed by atoms with Gasteiger partial charge in [-0.3, -0.25) is 9.36 Å². The molecule has 1 N–H and O–H groups in total. The van der Waals surface area contributed by atoms with Crippen molar-refractivity contribution in [1.82, 2.24) is 14.8 Å². The van der Waals surface area contributed by atoms with Crippen molar-refractivity contribution in [1.29, 1.82) is 0 Å². The minimum absolute atomic E-state index is 0.133. The number of carbonyl (C=O) groups is 2. The Kier molecular flexibility index (Phi) is 9.03. The maximum atomic E-state index is 13.0. The van der Waals surface area contributed by atoms with Gasteiger partial charge in [-0.25, -0.2) is 4.79 Å². The summed E-state index contributed by atoms with van der Waals surface area (Å²) in [4.78, 5) is 26.9.